The summed E-state index contributed by atoms with van der Waals surface area (Å²) < 4.78 is 0. The van der Waals surface area contributed by atoms with E-state index >= 15 is 0 Å². The molecule has 0 saturated heterocycles. The summed E-state index contributed by atoms with van der Waals surface area (Å²) in [5, 5.41) is 8.73. The van der Waals surface area contributed by atoms with Crippen LogP contribution >= 0.6 is 0 Å². The molecule has 0 bridgehead atoms. The molecule has 1 rings (SSSR count). The molecule has 0 spiro atoms. The molecular formula is C9H14O. The van der Waals surface area contributed by atoms with Gasteiger partial charge in [-0.05, 0) is 18.3 Å². The average molecular weight is 138 g/mol. The number of hydrogen-bond donors (Lipinski definition) is 1. The van der Waals surface area contributed by atoms with Crippen LogP contribution in [0.25, 0.3) is 0 Å². The molecule has 1 nitrogen and oxygen atoms in total. The van der Waals surface area contributed by atoms with Crippen molar-refractivity contribution in [3.05, 3.63) is 24.3 Å². The van der Waals surface area contributed by atoms with Gasteiger partial charge in [-0.3, -0.25) is 0 Å². The highest BCUT2D eigenvalue weighted by Crippen LogP contribution is 2.30. The summed E-state index contributed by atoms with van der Waals surface area (Å²) >= 11 is 0. The molecule has 0 aromatic heterocycles. The Balaban J connectivity index is 2.52. The molecule has 0 heterocycles. The molecule has 0 aliphatic heterocycles. The van der Waals surface area contributed by atoms with Crippen LogP contribution in [-0.4, -0.2) is 11.7 Å². The van der Waals surface area contributed by atoms with Crippen molar-refractivity contribution in [2.24, 2.45) is 5.41 Å². The predicted octanol–water partition coefficient (Wildman–Crippen LogP) is 1.89. The molecule has 1 heteroatoms. The normalized spacial score (nSPS) is 31.0. The quantitative estimate of drug-likeness (QED) is 0.617. The van der Waals surface area contributed by atoms with E-state index in [-0.39, 0.29) is 12.0 Å². The van der Waals surface area contributed by atoms with Crippen LogP contribution in [0.3, 0.4) is 0 Å². The molecule has 0 aromatic rings. The Kier molecular flexibility index (Phi) is 2.28. The van der Waals surface area contributed by atoms with Crippen LogP contribution < -0.4 is 0 Å². The Morgan fingerprint density at radius 1 is 1.50 bits per heavy atom. The van der Waals surface area contributed by atoms with E-state index in [2.05, 4.69) is 31.2 Å². The van der Waals surface area contributed by atoms with E-state index in [0.29, 0.717) is 0 Å². The standard InChI is InChI=1S/C9H14O/c1-9(7-8-10)5-3-2-4-6-9/h2-5,10H,6-8H2,1H3. The first-order valence-electron chi connectivity index (χ1n) is 3.72. The van der Waals surface area contributed by atoms with E-state index in [9.17, 15) is 0 Å². The van der Waals surface area contributed by atoms with E-state index in [1.165, 1.54) is 0 Å². The zero-order valence-electron chi connectivity index (χ0n) is 6.38. The molecular weight excluding hydrogens is 124 g/mol. The average Bonchev–Trinajstić information content (AvgIpc) is 1.89. The van der Waals surface area contributed by atoms with Crippen molar-refractivity contribution in [2.75, 3.05) is 6.61 Å². The van der Waals surface area contributed by atoms with Gasteiger partial charge in [0.25, 0.3) is 0 Å². The fraction of sp³-hybridized carbons (Fsp3) is 0.556. The van der Waals surface area contributed by atoms with E-state index in [0.717, 1.165) is 12.8 Å². The summed E-state index contributed by atoms with van der Waals surface area (Å²) in [4.78, 5) is 0. The Labute approximate surface area is 62.1 Å². The first kappa shape index (κ1) is 7.55. The predicted molar refractivity (Wildman–Crippen MR) is 42.7 cm³/mol. The number of aliphatic hydroxyl groups is 1. The van der Waals surface area contributed by atoms with Gasteiger partial charge in [0.05, 0.1) is 0 Å². The van der Waals surface area contributed by atoms with E-state index in [1.807, 2.05) is 0 Å². The topological polar surface area (TPSA) is 20.2 Å². The van der Waals surface area contributed by atoms with Crippen molar-refractivity contribution in [1.29, 1.82) is 0 Å². The third kappa shape index (κ3) is 1.71. The van der Waals surface area contributed by atoms with Gasteiger partial charge in [0.15, 0.2) is 0 Å². The van der Waals surface area contributed by atoms with Gasteiger partial charge in [-0.1, -0.05) is 31.2 Å². The second-order valence-electron chi connectivity index (χ2n) is 3.12. The molecule has 56 valence electrons. The van der Waals surface area contributed by atoms with Gasteiger partial charge in [0.2, 0.25) is 0 Å². The Morgan fingerprint density at radius 2 is 2.30 bits per heavy atom. The summed E-state index contributed by atoms with van der Waals surface area (Å²) in [6, 6.07) is 0. The highest BCUT2D eigenvalue weighted by Gasteiger charge is 2.19. The van der Waals surface area contributed by atoms with Crippen molar-refractivity contribution < 1.29 is 5.11 Å². The van der Waals surface area contributed by atoms with Crippen LogP contribution in [0.1, 0.15) is 19.8 Å². The van der Waals surface area contributed by atoms with E-state index < -0.39 is 0 Å². The Hall–Kier alpha value is -0.560. The molecule has 1 aliphatic rings. The molecule has 1 unspecified atom stereocenters. The zero-order valence-corrected chi connectivity index (χ0v) is 6.38. The van der Waals surface area contributed by atoms with Crippen LogP contribution in [-0.2, 0) is 0 Å². The molecule has 0 saturated carbocycles. The number of aliphatic hydroxyl groups excluding tert-OH is 1. The molecule has 1 atom stereocenters. The second-order valence-corrected chi connectivity index (χ2v) is 3.12. The Morgan fingerprint density at radius 3 is 2.80 bits per heavy atom. The SMILES string of the molecule is CC1(CCO)C=CC=CC1. The van der Waals surface area contributed by atoms with Gasteiger partial charge in [-0.15, -0.1) is 0 Å². The number of hydrogen-bond acceptors (Lipinski definition) is 1. The van der Waals surface area contributed by atoms with Crippen LogP contribution in [0.4, 0.5) is 0 Å². The van der Waals surface area contributed by atoms with Crippen molar-refractivity contribution in [2.45, 2.75) is 19.8 Å². The smallest absolute Gasteiger partial charge is 0.0439 e. The van der Waals surface area contributed by atoms with E-state index in [1.54, 1.807) is 0 Å². The van der Waals surface area contributed by atoms with Crippen LogP contribution in [0.2, 0.25) is 0 Å². The van der Waals surface area contributed by atoms with Gasteiger partial charge in [0, 0.05) is 6.61 Å². The van der Waals surface area contributed by atoms with Crippen LogP contribution in [0.15, 0.2) is 24.3 Å². The van der Waals surface area contributed by atoms with Gasteiger partial charge in [-0.2, -0.15) is 0 Å². The van der Waals surface area contributed by atoms with Gasteiger partial charge in [-0.25, -0.2) is 0 Å². The van der Waals surface area contributed by atoms with E-state index in [4.69, 9.17) is 5.11 Å². The van der Waals surface area contributed by atoms with Crippen molar-refractivity contribution in [3.8, 4) is 0 Å². The zero-order chi connectivity index (χ0) is 7.45. The highest BCUT2D eigenvalue weighted by atomic mass is 16.3. The maximum absolute atomic E-state index is 8.73. The molecule has 0 aromatic carbocycles. The van der Waals surface area contributed by atoms with Crippen LogP contribution in [0.5, 0.6) is 0 Å². The highest BCUT2D eigenvalue weighted by molar-refractivity contribution is 5.15. The molecule has 1 N–H and O–H groups in total. The second kappa shape index (κ2) is 3.02. The monoisotopic (exact) mass is 138 g/mol. The fourth-order valence-electron chi connectivity index (χ4n) is 1.21. The lowest BCUT2D eigenvalue weighted by molar-refractivity contribution is 0.231. The number of rotatable bonds is 2. The lowest BCUT2D eigenvalue weighted by Gasteiger charge is -2.24. The molecule has 1 aliphatic carbocycles. The summed E-state index contributed by atoms with van der Waals surface area (Å²) in [7, 11) is 0. The largest absolute Gasteiger partial charge is 0.396 e. The minimum atomic E-state index is 0.212. The first-order valence-corrected chi connectivity index (χ1v) is 3.72. The van der Waals surface area contributed by atoms with Gasteiger partial charge in [0.1, 0.15) is 0 Å². The molecule has 0 radical (unpaired) electrons. The summed E-state index contributed by atoms with van der Waals surface area (Å²) in [6.45, 7) is 2.46. The van der Waals surface area contributed by atoms with Gasteiger partial charge >= 0.3 is 0 Å². The Bertz CT molecular complexity index is 158. The van der Waals surface area contributed by atoms with Crippen molar-refractivity contribution in [1.82, 2.24) is 0 Å². The lowest BCUT2D eigenvalue weighted by Crippen LogP contribution is -2.15. The summed E-state index contributed by atoms with van der Waals surface area (Å²) in [6.07, 6.45) is 10.4. The molecule has 0 fully saturated rings. The van der Waals surface area contributed by atoms with Crippen molar-refractivity contribution >= 4 is 0 Å². The molecule has 0 amide bonds. The van der Waals surface area contributed by atoms with Crippen molar-refractivity contribution in [3.63, 3.8) is 0 Å². The minimum absolute atomic E-state index is 0.212. The van der Waals surface area contributed by atoms with Crippen LogP contribution in [0, 0.1) is 5.41 Å². The summed E-state index contributed by atoms with van der Waals surface area (Å²) in [5.41, 5.74) is 0.212. The number of allylic oxidation sites excluding steroid dienone is 4. The minimum Gasteiger partial charge on any atom is -0.396 e. The fourth-order valence-corrected chi connectivity index (χ4v) is 1.21. The maximum Gasteiger partial charge on any atom is 0.0439 e. The van der Waals surface area contributed by atoms with Gasteiger partial charge < -0.3 is 5.11 Å². The third-order valence-electron chi connectivity index (χ3n) is 2.01. The first-order chi connectivity index (χ1) is 4.77. The molecule has 10 heavy (non-hydrogen) atoms. The lowest BCUT2D eigenvalue weighted by atomic mass is 9.81. The maximum atomic E-state index is 8.73. The third-order valence-corrected chi connectivity index (χ3v) is 2.01. The summed E-state index contributed by atoms with van der Waals surface area (Å²) in [5.74, 6) is 0.